The molecule has 2 amide bonds. The van der Waals surface area contributed by atoms with Gasteiger partial charge >= 0.3 is 6.03 Å². The number of aliphatic hydroxyl groups excluding tert-OH is 1. The smallest absolute Gasteiger partial charge is 0.315 e. The fourth-order valence-corrected chi connectivity index (χ4v) is 1.90. The van der Waals surface area contributed by atoms with Gasteiger partial charge in [0.25, 0.3) is 0 Å². The van der Waals surface area contributed by atoms with Crippen molar-refractivity contribution >= 4 is 6.03 Å². The molecular weight excluding hydrogens is 268 g/mol. The molecule has 0 aromatic heterocycles. The van der Waals surface area contributed by atoms with Crippen LogP contribution >= 0.6 is 0 Å². The van der Waals surface area contributed by atoms with Gasteiger partial charge in [0.2, 0.25) is 0 Å². The van der Waals surface area contributed by atoms with E-state index in [4.69, 9.17) is 9.84 Å². The van der Waals surface area contributed by atoms with E-state index in [0.29, 0.717) is 19.6 Å². The van der Waals surface area contributed by atoms with Crippen molar-refractivity contribution in [2.24, 2.45) is 5.92 Å². The van der Waals surface area contributed by atoms with Crippen LogP contribution in [0, 0.1) is 12.8 Å². The summed E-state index contributed by atoms with van der Waals surface area (Å²) >= 11 is 0. The first-order valence-electron chi connectivity index (χ1n) is 7.37. The van der Waals surface area contributed by atoms with E-state index >= 15 is 0 Å². The van der Waals surface area contributed by atoms with E-state index in [2.05, 4.69) is 10.6 Å². The van der Waals surface area contributed by atoms with Gasteiger partial charge in [-0.25, -0.2) is 4.79 Å². The molecule has 0 aliphatic rings. The molecule has 21 heavy (non-hydrogen) atoms. The minimum atomic E-state index is -0.227. The molecule has 0 saturated carbocycles. The average molecular weight is 294 g/mol. The SMILES string of the molecule is Cc1ccc(OCCNC(=O)NC(CCO)C(C)C)cc1. The van der Waals surface area contributed by atoms with Gasteiger partial charge in [-0.3, -0.25) is 0 Å². The van der Waals surface area contributed by atoms with Gasteiger partial charge in [0.1, 0.15) is 12.4 Å². The van der Waals surface area contributed by atoms with Crippen molar-refractivity contribution in [3.8, 4) is 5.75 Å². The average Bonchev–Trinajstić information content (AvgIpc) is 2.45. The number of urea groups is 1. The standard InChI is InChI=1S/C16H26N2O3/c1-12(2)15(8-10-19)18-16(20)17-9-11-21-14-6-4-13(3)5-7-14/h4-7,12,15,19H,8-11H2,1-3H3,(H2,17,18,20). The van der Waals surface area contributed by atoms with Crippen LogP contribution in [0.4, 0.5) is 4.79 Å². The number of aryl methyl sites for hydroxylation is 1. The van der Waals surface area contributed by atoms with Crippen LogP contribution in [0.2, 0.25) is 0 Å². The van der Waals surface area contributed by atoms with Crippen molar-refractivity contribution in [3.63, 3.8) is 0 Å². The van der Waals surface area contributed by atoms with E-state index < -0.39 is 0 Å². The van der Waals surface area contributed by atoms with E-state index in [1.54, 1.807) is 0 Å². The highest BCUT2D eigenvalue weighted by atomic mass is 16.5. The van der Waals surface area contributed by atoms with Crippen LogP contribution in [0.3, 0.4) is 0 Å². The number of aliphatic hydroxyl groups is 1. The molecule has 1 atom stereocenters. The third-order valence-corrected chi connectivity index (χ3v) is 3.24. The van der Waals surface area contributed by atoms with Gasteiger partial charge in [0.05, 0.1) is 6.54 Å². The minimum Gasteiger partial charge on any atom is -0.492 e. The van der Waals surface area contributed by atoms with Crippen molar-refractivity contribution in [1.82, 2.24) is 10.6 Å². The Hall–Kier alpha value is -1.75. The Morgan fingerprint density at radius 3 is 2.52 bits per heavy atom. The fourth-order valence-electron chi connectivity index (χ4n) is 1.90. The lowest BCUT2D eigenvalue weighted by atomic mass is 10.0. The van der Waals surface area contributed by atoms with E-state index in [9.17, 15) is 4.79 Å². The van der Waals surface area contributed by atoms with Crippen molar-refractivity contribution < 1.29 is 14.6 Å². The second-order valence-corrected chi connectivity index (χ2v) is 5.42. The zero-order valence-electron chi connectivity index (χ0n) is 13.1. The molecule has 0 aliphatic carbocycles. The summed E-state index contributed by atoms with van der Waals surface area (Å²) in [6, 6.07) is 7.54. The molecule has 0 heterocycles. The van der Waals surface area contributed by atoms with Crippen molar-refractivity contribution in [3.05, 3.63) is 29.8 Å². The van der Waals surface area contributed by atoms with Gasteiger partial charge < -0.3 is 20.5 Å². The Bertz CT molecular complexity index is 418. The summed E-state index contributed by atoms with van der Waals surface area (Å²) in [5.41, 5.74) is 1.18. The molecule has 3 N–H and O–H groups in total. The van der Waals surface area contributed by atoms with Crippen molar-refractivity contribution in [1.29, 1.82) is 0 Å². The molecule has 0 radical (unpaired) electrons. The van der Waals surface area contributed by atoms with E-state index in [1.807, 2.05) is 45.0 Å². The zero-order valence-corrected chi connectivity index (χ0v) is 13.1. The Morgan fingerprint density at radius 2 is 1.95 bits per heavy atom. The van der Waals surface area contributed by atoms with Crippen LogP contribution < -0.4 is 15.4 Å². The highest BCUT2D eigenvalue weighted by Gasteiger charge is 2.14. The van der Waals surface area contributed by atoms with Crippen LogP contribution in [-0.2, 0) is 0 Å². The number of rotatable bonds is 8. The number of amides is 2. The maximum atomic E-state index is 11.7. The number of ether oxygens (including phenoxy) is 1. The molecule has 0 spiro atoms. The molecule has 5 nitrogen and oxygen atoms in total. The van der Waals surface area contributed by atoms with Crippen molar-refractivity contribution in [2.75, 3.05) is 19.8 Å². The predicted molar refractivity (Wildman–Crippen MR) is 83.5 cm³/mol. The maximum absolute atomic E-state index is 11.7. The summed E-state index contributed by atoms with van der Waals surface area (Å²) in [6.07, 6.45) is 0.560. The molecule has 0 bridgehead atoms. The molecule has 1 aromatic rings. The topological polar surface area (TPSA) is 70.6 Å². The Kier molecular flexibility index (Phi) is 7.61. The quantitative estimate of drug-likeness (QED) is 0.643. The molecular formula is C16H26N2O3. The number of hydrogen-bond donors (Lipinski definition) is 3. The summed E-state index contributed by atoms with van der Waals surface area (Å²) in [5, 5.41) is 14.6. The van der Waals surface area contributed by atoms with Crippen LogP contribution in [0.1, 0.15) is 25.8 Å². The molecule has 5 heteroatoms. The van der Waals surface area contributed by atoms with Crippen LogP contribution in [-0.4, -0.2) is 36.9 Å². The maximum Gasteiger partial charge on any atom is 0.315 e. The van der Waals surface area contributed by atoms with Gasteiger partial charge in [-0.05, 0) is 31.4 Å². The molecule has 118 valence electrons. The molecule has 0 saturated heterocycles. The first kappa shape index (κ1) is 17.3. The number of carbonyl (C=O) groups excluding carboxylic acids is 1. The highest BCUT2D eigenvalue weighted by molar-refractivity contribution is 5.74. The normalized spacial score (nSPS) is 12.0. The summed E-state index contributed by atoms with van der Waals surface area (Å²) in [6.45, 7) is 6.97. The van der Waals surface area contributed by atoms with E-state index in [-0.39, 0.29) is 24.6 Å². The van der Waals surface area contributed by atoms with Crippen LogP contribution in [0.15, 0.2) is 24.3 Å². The largest absolute Gasteiger partial charge is 0.492 e. The zero-order chi connectivity index (χ0) is 15.7. The summed E-state index contributed by atoms with van der Waals surface area (Å²) in [7, 11) is 0. The van der Waals surface area contributed by atoms with Gasteiger partial charge in [-0.15, -0.1) is 0 Å². The van der Waals surface area contributed by atoms with E-state index in [0.717, 1.165) is 5.75 Å². The van der Waals surface area contributed by atoms with Crippen molar-refractivity contribution in [2.45, 2.75) is 33.2 Å². The highest BCUT2D eigenvalue weighted by Crippen LogP contribution is 2.10. The first-order valence-corrected chi connectivity index (χ1v) is 7.37. The molecule has 1 aromatic carbocycles. The van der Waals surface area contributed by atoms with Gasteiger partial charge in [-0.2, -0.15) is 0 Å². The van der Waals surface area contributed by atoms with Crippen LogP contribution in [0.25, 0.3) is 0 Å². The predicted octanol–water partition coefficient (Wildman–Crippen LogP) is 2.08. The third kappa shape index (κ3) is 6.99. The summed E-state index contributed by atoms with van der Waals surface area (Å²) in [5.74, 6) is 1.08. The number of hydrogen-bond acceptors (Lipinski definition) is 3. The second-order valence-electron chi connectivity index (χ2n) is 5.42. The van der Waals surface area contributed by atoms with Gasteiger partial charge in [-0.1, -0.05) is 31.5 Å². The number of nitrogens with one attached hydrogen (secondary N) is 2. The molecule has 0 fully saturated rings. The minimum absolute atomic E-state index is 0.0204. The second kappa shape index (κ2) is 9.23. The number of carbonyl (C=O) groups is 1. The Morgan fingerprint density at radius 1 is 1.29 bits per heavy atom. The molecule has 1 rings (SSSR count). The fraction of sp³-hybridized carbons (Fsp3) is 0.562. The van der Waals surface area contributed by atoms with Crippen LogP contribution in [0.5, 0.6) is 5.75 Å². The Balaban J connectivity index is 2.22. The van der Waals surface area contributed by atoms with Gasteiger partial charge in [0.15, 0.2) is 0 Å². The lowest BCUT2D eigenvalue weighted by molar-refractivity contribution is 0.216. The Labute approximate surface area is 126 Å². The number of benzene rings is 1. The first-order chi connectivity index (χ1) is 10.0. The lowest BCUT2D eigenvalue weighted by Crippen LogP contribution is -2.45. The lowest BCUT2D eigenvalue weighted by Gasteiger charge is -2.21. The van der Waals surface area contributed by atoms with Gasteiger partial charge in [0, 0.05) is 12.6 Å². The molecule has 0 aliphatic heterocycles. The summed E-state index contributed by atoms with van der Waals surface area (Å²) < 4.78 is 5.53. The monoisotopic (exact) mass is 294 g/mol. The third-order valence-electron chi connectivity index (χ3n) is 3.24. The van der Waals surface area contributed by atoms with E-state index in [1.165, 1.54) is 5.56 Å². The molecule has 1 unspecified atom stereocenters. The summed E-state index contributed by atoms with van der Waals surface area (Å²) in [4.78, 5) is 11.7.